The van der Waals surface area contributed by atoms with E-state index in [4.69, 9.17) is 11.6 Å². The molecule has 0 aliphatic carbocycles. The summed E-state index contributed by atoms with van der Waals surface area (Å²) in [6, 6.07) is 3.11. The van der Waals surface area contributed by atoms with Gasteiger partial charge in [-0.2, -0.15) is 13.2 Å². The Morgan fingerprint density at radius 2 is 1.72 bits per heavy atom. The van der Waals surface area contributed by atoms with Crippen molar-refractivity contribution in [1.29, 1.82) is 0 Å². The average molecular weight is 280 g/mol. The molecule has 1 unspecified atom stereocenters. The Labute approximate surface area is 110 Å². The zero-order chi connectivity index (χ0) is 14.2. The van der Waals surface area contributed by atoms with E-state index in [1.807, 2.05) is 0 Å². The SMILES string of the molecule is CC(C)(C)C(C)(CC(F)(F)F)c1ccnc(Cl)c1. The van der Waals surface area contributed by atoms with Gasteiger partial charge in [0.1, 0.15) is 5.15 Å². The molecule has 1 aromatic rings. The van der Waals surface area contributed by atoms with Crippen LogP contribution in [0.4, 0.5) is 13.2 Å². The largest absolute Gasteiger partial charge is 0.389 e. The summed E-state index contributed by atoms with van der Waals surface area (Å²) in [5, 5.41) is 0.213. The van der Waals surface area contributed by atoms with Crippen molar-refractivity contribution in [2.45, 2.75) is 45.7 Å². The number of halogens is 4. The summed E-state index contributed by atoms with van der Waals surface area (Å²) < 4.78 is 38.5. The number of hydrogen-bond donors (Lipinski definition) is 0. The number of rotatable bonds is 2. The van der Waals surface area contributed by atoms with Crippen LogP contribution in [-0.4, -0.2) is 11.2 Å². The highest BCUT2D eigenvalue weighted by atomic mass is 35.5. The Morgan fingerprint density at radius 3 is 2.11 bits per heavy atom. The third-order valence-electron chi connectivity index (χ3n) is 3.57. The van der Waals surface area contributed by atoms with Gasteiger partial charge in [-0.25, -0.2) is 4.98 Å². The summed E-state index contributed by atoms with van der Waals surface area (Å²) in [7, 11) is 0. The minimum Gasteiger partial charge on any atom is -0.245 e. The minimum atomic E-state index is -4.22. The second-order valence-corrected chi connectivity index (χ2v) is 6.13. The quantitative estimate of drug-likeness (QED) is 0.695. The van der Waals surface area contributed by atoms with Gasteiger partial charge < -0.3 is 0 Å². The van der Waals surface area contributed by atoms with Gasteiger partial charge in [-0.05, 0) is 23.1 Å². The zero-order valence-corrected chi connectivity index (χ0v) is 11.7. The molecule has 0 saturated heterocycles. The Kier molecular flexibility index (Phi) is 4.01. The van der Waals surface area contributed by atoms with Crippen LogP contribution in [0.15, 0.2) is 18.3 Å². The summed E-state index contributed by atoms with van der Waals surface area (Å²) in [4.78, 5) is 3.82. The number of pyridine rings is 1. The van der Waals surface area contributed by atoms with E-state index in [2.05, 4.69) is 4.98 Å². The molecule has 0 spiro atoms. The molecule has 0 amide bonds. The van der Waals surface area contributed by atoms with E-state index in [1.165, 1.54) is 12.3 Å². The molecule has 0 aliphatic rings. The molecule has 0 bridgehead atoms. The third kappa shape index (κ3) is 3.37. The second-order valence-electron chi connectivity index (χ2n) is 5.74. The van der Waals surface area contributed by atoms with Crippen LogP contribution in [0.25, 0.3) is 0 Å². The van der Waals surface area contributed by atoms with E-state index in [1.54, 1.807) is 33.8 Å². The van der Waals surface area contributed by atoms with Crippen LogP contribution in [0.2, 0.25) is 5.15 Å². The highest BCUT2D eigenvalue weighted by Crippen LogP contribution is 2.48. The van der Waals surface area contributed by atoms with Crippen molar-refractivity contribution in [2.24, 2.45) is 5.41 Å². The van der Waals surface area contributed by atoms with Gasteiger partial charge >= 0.3 is 6.18 Å². The van der Waals surface area contributed by atoms with Gasteiger partial charge in [-0.3, -0.25) is 0 Å². The van der Waals surface area contributed by atoms with Gasteiger partial charge in [0.25, 0.3) is 0 Å². The summed E-state index contributed by atoms with van der Waals surface area (Å²) in [5.41, 5.74) is -1.03. The van der Waals surface area contributed by atoms with E-state index in [0.29, 0.717) is 5.56 Å². The molecule has 0 radical (unpaired) electrons. The number of aromatic nitrogens is 1. The van der Waals surface area contributed by atoms with Crippen molar-refractivity contribution in [3.63, 3.8) is 0 Å². The summed E-state index contributed by atoms with van der Waals surface area (Å²) in [5.74, 6) is 0. The molecule has 0 N–H and O–H groups in total. The molecular weight excluding hydrogens is 263 g/mol. The van der Waals surface area contributed by atoms with Gasteiger partial charge in [0.2, 0.25) is 0 Å². The predicted molar refractivity (Wildman–Crippen MR) is 66.7 cm³/mol. The van der Waals surface area contributed by atoms with Gasteiger partial charge in [0.15, 0.2) is 0 Å². The van der Waals surface area contributed by atoms with Crippen LogP contribution in [-0.2, 0) is 5.41 Å². The summed E-state index contributed by atoms with van der Waals surface area (Å²) in [6.07, 6.45) is -3.67. The van der Waals surface area contributed by atoms with E-state index < -0.39 is 23.4 Å². The van der Waals surface area contributed by atoms with E-state index >= 15 is 0 Å². The van der Waals surface area contributed by atoms with Crippen LogP contribution >= 0.6 is 11.6 Å². The molecule has 1 atom stereocenters. The minimum absolute atomic E-state index is 0.213. The van der Waals surface area contributed by atoms with Gasteiger partial charge in [0, 0.05) is 11.6 Å². The lowest BCUT2D eigenvalue weighted by Crippen LogP contribution is -2.41. The Hall–Kier alpha value is -0.770. The molecule has 0 aliphatic heterocycles. The van der Waals surface area contributed by atoms with Gasteiger partial charge in [-0.1, -0.05) is 39.3 Å². The molecule has 0 saturated carbocycles. The fraction of sp³-hybridized carbons (Fsp3) is 0.615. The highest BCUT2D eigenvalue weighted by Gasteiger charge is 2.47. The normalized spacial score (nSPS) is 16.4. The standard InChI is InChI=1S/C13H17ClF3N/c1-11(2,3)12(4,8-13(15,16)17)9-5-6-18-10(14)7-9/h5-7H,8H2,1-4H3. The highest BCUT2D eigenvalue weighted by molar-refractivity contribution is 6.29. The lowest BCUT2D eigenvalue weighted by atomic mass is 9.62. The molecule has 1 aromatic heterocycles. The maximum atomic E-state index is 12.8. The maximum absolute atomic E-state index is 12.8. The van der Waals surface area contributed by atoms with Crippen molar-refractivity contribution in [3.05, 3.63) is 29.0 Å². The molecule has 0 fully saturated rings. The van der Waals surface area contributed by atoms with Crippen LogP contribution < -0.4 is 0 Å². The molecule has 1 nitrogen and oxygen atoms in total. The number of nitrogens with zero attached hydrogens (tertiary/aromatic N) is 1. The molecule has 1 rings (SSSR count). The lowest BCUT2D eigenvalue weighted by molar-refractivity contribution is -0.156. The second kappa shape index (κ2) is 4.72. The van der Waals surface area contributed by atoms with Crippen LogP contribution in [0.5, 0.6) is 0 Å². The van der Waals surface area contributed by atoms with Crippen molar-refractivity contribution in [1.82, 2.24) is 4.98 Å². The molecule has 1 heterocycles. The third-order valence-corrected chi connectivity index (χ3v) is 3.78. The first-order valence-electron chi connectivity index (χ1n) is 5.64. The number of alkyl halides is 3. The van der Waals surface area contributed by atoms with Crippen molar-refractivity contribution >= 4 is 11.6 Å². The zero-order valence-electron chi connectivity index (χ0n) is 10.9. The van der Waals surface area contributed by atoms with Crippen molar-refractivity contribution in [3.8, 4) is 0 Å². The fourth-order valence-electron chi connectivity index (χ4n) is 1.95. The van der Waals surface area contributed by atoms with Crippen LogP contribution in [0, 0.1) is 5.41 Å². The van der Waals surface area contributed by atoms with Crippen molar-refractivity contribution < 1.29 is 13.2 Å². The monoisotopic (exact) mass is 279 g/mol. The smallest absolute Gasteiger partial charge is 0.245 e. The summed E-state index contributed by atoms with van der Waals surface area (Å²) in [6.45, 7) is 7.01. The van der Waals surface area contributed by atoms with E-state index in [9.17, 15) is 13.2 Å². The fourth-order valence-corrected chi connectivity index (χ4v) is 2.12. The molecule has 0 aromatic carbocycles. The molecular formula is C13H17ClF3N. The Balaban J connectivity index is 3.30. The topological polar surface area (TPSA) is 12.9 Å². The molecule has 18 heavy (non-hydrogen) atoms. The molecule has 5 heteroatoms. The average Bonchev–Trinajstić information content (AvgIpc) is 2.13. The van der Waals surface area contributed by atoms with Gasteiger partial charge in [0.05, 0.1) is 6.42 Å². The Bertz CT molecular complexity index is 423. The first-order valence-corrected chi connectivity index (χ1v) is 6.02. The predicted octanol–water partition coefficient (Wildman–Crippen LogP) is 4.99. The van der Waals surface area contributed by atoms with Gasteiger partial charge in [-0.15, -0.1) is 0 Å². The summed E-state index contributed by atoms with van der Waals surface area (Å²) >= 11 is 5.78. The van der Waals surface area contributed by atoms with E-state index in [0.717, 1.165) is 0 Å². The Morgan fingerprint density at radius 1 is 1.17 bits per heavy atom. The van der Waals surface area contributed by atoms with Crippen LogP contribution in [0.1, 0.15) is 39.7 Å². The molecule has 102 valence electrons. The first-order chi connectivity index (χ1) is 7.96. The first kappa shape index (κ1) is 15.3. The van der Waals surface area contributed by atoms with Crippen LogP contribution in [0.3, 0.4) is 0 Å². The maximum Gasteiger partial charge on any atom is 0.389 e. The lowest BCUT2D eigenvalue weighted by Gasteiger charge is -2.43. The number of hydrogen-bond acceptors (Lipinski definition) is 1. The van der Waals surface area contributed by atoms with Crippen molar-refractivity contribution in [2.75, 3.05) is 0 Å². The van der Waals surface area contributed by atoms with E-state index in [-0.39, 0.29) is 5.15 Å².